The normalized spacial score (nSPS) is 15.0. The topological polar surface area (TPSA) is 44.8 Å². The van der Waals surface area contributed by atoms with Crippen LogP contribution in [-0.2, 0) is 4.79 Å². The minimum absolute atomic E-state index is 0.119. The van der Waals surface area contributed by atoms with Crippen molar-refractivity contribution in [2.75, 3.05) is 50.1 Å². The van der Waals surface area contributed by atoms with E-state index < -0.39 is 0 Å². The first-order valence-electron chi connectivity index (χ1n) is 8.32. The Hall–Kier alpha value is -2.60. The van der Waals surface area contributed by atoms with E-state index in [4.69, 9.17) is 4.74 Å². The summed E-state index contributed by atoms with van der Waals surface area (Å²) >= 11 is 0. The second-order valence-electron chi connectivity index (χ2n) is 6.13. The Bertz CT molecular complexity index is 696. The summed E-state index contributed by atoms with van der Waals surface area (Å²) in [6, 6.07) is 13.4. The zero-order valence-electron chi connectivity index (χ0n) is 14.2. The quantitative estimate of drug-likeness (QED) is 0.906. The van der Waals surface area contributed by atoms with Crippen LogP contribution in [0.5, 0.6) is 5.75 Å². The molecule has 0 aromatic heterocycles. The number of amides is 1. The molecule has 1 aliphatic heterocycles. The van der Waals surface area contributed by atoms with Crippen molar-refractivity contribution in [1.29, 1.82) is 0 Å². The van der Waals surface area contributed by atoms with Crippen molar-refractivity contribution in [2.24, 2.45) is 0 Å². The van der Waals surface area contributed by atoms with Crippen LogP contribution in [-0.4, -0.2) is 50.6 Å². The van der Waals surface area contributed by atoms with Gasteiger partial charge < -0.3 is 19.9 Å². The zero-order valence-corrected chi connectivity index (χ0v) is 14.2. The molecular weight excluding hydrogens is 321 g/mol. The van der Waals surface area contributed by atoms with Crippen molar-refractivity contribution in [2.45, 2.75) is 0 Å². The van der Waals surface area contributed by atoms with Crippen LogP contribution in [0.3, 0.4) is 0 Å². The van der Waals surface area contributed by atoms with Gasteiger partial charge in [-0.15, -0.1) is 0 Å². The molecule has 132 valence electrons. The van der Waals surface area contributed by atoms with Crippen LogP contribution >= 0.6 is 0 Å². The molecule has 1 N–H and O–H groups in total. The Morgan fingerprint density at radius 2 is 1.68 bits per heavy atom. The lowest BCUT2D eigenvalue weighted by Crippen LogP contribution is -2.44. The standard InChI is InChI=1S/C19H22FN3O2/c1-22-10-12-23(13-11-22)17-6-4-16(5-7-17)21-19(24)14-25-18-8-2-15(20)3-9-18/h2-9H,10-14H2,1H3,(H,21,24). The predicted octanol–water partition coefficient (Wildman–Crippen LogP) is 2.60. The van der Waals surface area contributed by atoms with Gasteiger partial charge in [-0.1, -0.05) is 0 Å². The Balaban J connectivity index is 1.49. The summed E-state index contributed by atoms with van der Waals surface area (Å²) in [4.78, 5) is 16.6. The van der Waals surface area contributed by atoms with E-state index in [0.29, 0.717) is 5.75 Å². The average molecular weight is 343 g/mol. The Morgan fingerprint density at radius 1 is 1.04 bits per heavy atom. The summed E-state index contributed by atoms with van der Waals surface area (Å²) in [7, 11) is 2.13. The number of halogens is 1. The number of likely N-dealkylation sites (N-methyl/N-ethyl adjacent to an activating group) is 1. The van der Waals surface area contributed by atoms with Gasteiger partial charge in [-0.05, 0) is 55.6 Å². The van der Waals surface area contributed by atoms with Gasteiger partial charge in [0.05, 0.1) is 0 Å². The van der Waals surface area contributed by atoms with E-state index in [-0.39, 0.29) is 18.3 Å². The molecule has 0 atom stereocenters. The molecule has 2 aromatic rings. The van der Waals surface area contributed by atoms with Crippen LogP contribution in [0.1, 0.15) is 0 Å². The summed E-state index contributed by atoms with van der Waals surface area (Å²) in [5, 5.41) is 2.80. The number of carbonyl (C=O) groups excluding carboxylic acids is 1. The van der Waals surface area contributed by atoms with Gasteiger partial charge in [-0.25, -0.2) is 4.39 Å². The molecular formula is C19H22FN3O2. The highest BCUT2D eigenvalue weighted by Crippen LogP contribution is 2.19. The summed E-state index contributed by atoms with van der Waals surface area (Å²) in [5.41, 5.74) is 1.89. The molecule has 0 unspecified atom stereocenters. The molecule has 25 heavy (non-hydrogen) atoms. The molecule has 0 bridgehead atoms. The highest BCUT2D eigenvalue weighted by Gasteiger charge is 2.14. The fourth-order valence-electron chi connectivity index (χ4n) is 2.70. The molecule has 0 radical (unpaired) electrons. The predicted molar refractivity (Wildman–Crippen MR) is 96.7 cm³/mol. The maximum Gasteiger partial charge on any atom is 0.262 e. The third-order valence-corrected chi connectivity index (χ3v) is 4.20. The summed E-state index contributed by atoms with van der Waals surface area (Å²) in [5.74, 6) is -0.129. The second kappa shape index (κ2) is 7.98. The van der Waals surface area contributed by atoms with Gasteiger partial charge in [0.1, 0.15) is 11.6 Å². The maximum atomic E-state index is 12.8. The number of rotatable bonds is 5. The number of nitrogens with zero attached hydrogens (tertiary/aromatic N) is 2. The Morgan fingerprint density at radius 3 is 2.32 bits per heavy atom. The molecule has 1 fully saturated rings. The molecule has 1 saturated heterocycles. The first kappa shape index (κ1) is 17.2. The number of anilines is 2. The van der Waals surface area contributed by atoms with Crippen LogP contribution in [0, 0.1) is 5.82 Å². The number of benzene rings is 2. The van der Waals surface area contributed by atoms with E-state index in [9.17, 15) is 9.18 Å². The van der Waals surface area contributed by atoms with E-state index in [2.05, 4.69) is 22.2 Å². The van der Waals surface area contributed by atoms with Crippen LogP contribution in [0.25, 0.3) is 0 Å². The van der Waals surface area contributed by atoms with Gasteiger partial charge in [-0.3, -0.25) is 4.79 Å². The van der Waals surface area contributed by atoms with Crippen molar-refractivity contribution >= 4 is 17.3 Å². The molecule has 0 saturated carbocycles. The fourth-order valence-corrected chi connectivity index (χ4v) is 2.70. The molecule has 6 heteroatoms. The van der Waals surface area contributed by atoms with Gasteiger partial charge >= 0.3 is 0 Å². The minimum atomic E-state index is -0.336. The molecule has 5 nitrogen and oxygen atoms in total. The first-order chi connectivity index (χ1) is 12.1. The largest absolute Gasteiger partial charge is 0.484 e. The minimum Gasteiger partial charge on any atom is -0.484 e. The van der Waals surface area contributed by atoms with E-state index in [1.807, 2.05) is 24.3 Å². The Labute approximate surface area is 147 Å². The van der Waals surface area contributed by atoms with Crippen LogP contribution in [0.4, 0.5) is 15.8 Å². The van der Waals surface area contributed by atoms with Gasteiger partial charge in [-0.2, -0.15) is 0 Å². The lowest BCUT2D eigenvalue weighted by molar-refractivity contribution is -0.118. The average Bonchev–Trinajstić information content (AvgIpc) is 2.63. The van der Waals surface area contributed by atoms with Crippen molar-refractivity contribution < 1.29 is 13.9 Å². The molecule has 3 rings (SSSR count). The lowest BCUT2D eigenvalue weighted by Gasteiger charge is -2.34. The molecule has 2 aromatic carbocycles. The summed E-state index contributed by atoms with van der Waals surface area (Å²) in [6.45, 7) is 4.01. The van der Waals surface area contributed by atoms with E-state index >= 15 is 0 Å². The van der Waals surface area contributed by atoms with Crippen molar-refractivity contribution in [3.63, 3.8) is 0 Å². The van der Waals surface area contributed by atoms with Crippen molar-refractivity contribution in [3.05, 3.63) is 54.3 Å². The molecule has 1 heterocycles. The third-order valence-electron chi connectivity index (χ3n) is 4.20. The lowest BCUT2D eigenvalue weighted by atomic mass is 10.2. The van der Waals surface area contributed by atoms with Crippen LogP contribution < -0.4 is 15.0 Å². The highest BCUT2D eigenvalue weighted by atomic mass is 19.1. The van der Waals surface area contributed by atoms with Crippen LogP contribution in [0.2, 0.25) is 0 Å². The number of hydrogen-bond acceptors (Lipinski definition) is 4. The van der Waals surface area contributed by atoms with Crippen molar-refractivity contribution in [3.8, 4) is 5.75 Å². The van der Waals surface area contributed by atoms with Gasteiger partial charge in [0, 0.05) is 37.6 Å². The summed E-state index contributed by atoms with van der Waals surface area (Å²) in [6.07, 6.45) is 0. The molecule has 1 aliphatic rings. The van der Waals surface area contributed by atoms with Crippen molar-refractivity contribution in [1.82, 2.24) is 4.90 Å². The van der Waals surface area contributed by atoms with E-state index in [1.165, 1.54) is 24.3 Å². The second-order valence-corrected chi connectivity index (χ2v) is 6.13. The van der Waals surface area contributed by atoms with Gasteiger partial charge in [0.2, 0.25) is 0 Å². The highest BCUT2D eigenvalue weighted by molar-refractivity contribution is 5.92. The number of ether oxygens (including phenoxy) is 1. The number of piperazine rings is 1. The third kappa shape index (κ3) is 4.93. The number of hydrogen-bond donors (Lipinski definition) is 1. The maximum absolute atomic E-state index is 12.8. The van der Waals surface area contributed by atoms with E-state index in [0.717, 1.165) is 37.6 Å². The molecule has 1 amide bonds. The Kier molecular flexibility index (Phi) is 5.50. The summed E-state index contributed by atoms with van der Waals surface area (Å²) < 4.78 is 18.2. The molecule has 0 aliphatic carbocycles. The van der Waals surface area contributed by atoms with E-state index in [1.54, 1.807) is 0 Å². The smallest absolute Gasteiger partial charge is 0.262 e. The first-order valence-corrected chi connectivity index (χ1v) is 8.32. The van der Waals surface area contributed by atoms with Gasteiger partial charge in [0.15, 0.2) is 6.61 Å². The van der Waals surface area contributed by atoms with Crippen LogP contribution in [0.15, 0.2) is 48.5 Å². The zero-order chi connectivity index (χ0) is 17.6. The number of carbonyl (C=O) groups is 1. The van der Waals surface area contributed by atoms with Gasteiger partial charge in [0.25, 0.3) is 5.91 Å². The SMILES string of the molecule is CN1CCN(c2ccc(NC(=O)COc3ccc(F)cc3)cc2)CC1. The number of nitrogens with one attached hydrogen (secondary N) is 1. The monoisotopic (exact) mass is 343 g/mol. The fraction of sp³-hybridized carbons (Fsp3) is 0.316. The molecule has 0 spiro atoms.